The van der Waals surface area contributed by atoms with E-state index in [1.807, 2.05) is 37.3 Å². The Morgan fingerprint density at radius 3 is 2.68 bits per heavy atom. The molecule has 0 radical (unpaired) electrons. The molecule has 0 aromatic heterocycles. The number of ether oxygens (including phenoxy) is 2. The standard InChI is InChI=1S/C20H25NO4/c1-14-16(8-5-9-17(14)21-13-20(22)23)7-4-6-15-10-11-18(24-2)19(12-15)25-3/h4,6-7,10-12,21H,5,8-9,13H2,1-3H3,(H,22,23)/b6-4+,16-7-. The maximum Gasteiger partial charge on any atom is 0.322 e. The molecular weight excluding hydrogens is 318 g/mol. The van der Waals surface area contributed by atoms with Crippen molar-refractivity contribution in [1.82, 2.24) is 5.32 Å². The minimum absolute atomic E-state index is 0.0402. The highest BCUT2D eigenvalue weighted by Gasteiger charge is 2.13. The summed E-state index contributed by atoms with van der Waals surface area (Å²) >= 11 is 0. The number of benzene rings is 1. The van der Waals surface area contributed by atoms with Crippen molar-refractivity contribution in [3.05, 3.63) is 52.8 Å². The Hall–Kier alpha value is -2.69. The molecule has 5 nitrogen and oxygen atoms in total. The Morgan fingerprint density at radius 1 is 1.24 bits per heavy atom. The average Bonchev–Trinajstić information content (AvgIpc) is 2.61. The van der Waals surface area contributed by atoms with Crippen LogP contribution in [0.25, 0.3) is 6.08 Å². The second-order valence-corrected chi connectivity index (χ2v) is 5.87. The summed E-state index contributed by atoms with van der Waals surface area (Å²) in [6.45, 7) is 2.00. The molecular formula is C20H25NO4. The fourth-order valence-electron chi connectivity index (χ4n) is 2.87. The largest absolute Gasteiger partial charge is 0.493 e. The van der Waals surface area contributed by atoms with Gasteiger partial charge in [-0.1, -0.05) is 24.3 Å². The van der Waals surface area contributed by atoms with Crippen molar-refractivity contribution in [1.29, 1.82) is 0 Å². The van der Waals surface area contributed by atoms with Gasteiger partial charge >= 0.3 is 5.97 Å². The quantitative estimate of drug-likeness (QED) is 0.789. The molecule has 1 aliphatic rings. The van der Waals surface area contributed by atoms with Crippen molar-refractivity contribution >= 4 is 12.0 Å². The molecule has 0 aliphatic heterocycles. The second-order valence-electron chi connectivity index (χ2n) is 5.87. The molecule has 25 heavy (non-hydrogen) atoms. The van der Waals surface area contributed by atoms with E-state index in [0.29, 0.717) is 11.5 Å². The number of hydrogen-bond donors (Lipinski definition) is 2. The Balaban J connectivity index is 2.13. The molecule has 0 heterocycles. The summed E-state index contributed by atoms with van der Waals surface area (Å²) in [5, 5.41) is 11.8. The van der Waals surface area contributed by atoms with Gasteiger partial charge in [-0.15, -0.1) is 0 Å². The lowest BCUT2D eigenvalue weighted by molar-refractivity contribution is -0.135. The predicted octanol–water partition coefficient (Wildman–Crippen LogP) is 3.78. The van der Waals surface area contributed by atoms with Gasteiger partial charge in [0.2, 0.25) is 0 Å². The Bertz CT molecular complexity index is 716. The Morgan fingerprint density at radius 2 is 2.00 bits per heavy atom. The normalized spacial score (nSPS) is 16.4. The summed E-state index contributed by atoms with van der Waals surface area (Å²) in [5.41, 5.74) is 4.43. The van der Waals surface area contributed by atoms with Crippen LogP contribution >= 0.6 is 0 Å². The lowest BCUT2D eigenvalue weighted by Crippen LogP contribution is -2.24. The van der Waals surface area contributed by atoms with Gasteiger partial charge in [-0.05, 0) is 55.0 Å². The number of allylic oxidation sites excluding steroid dienone is 5. The first-order valence-corrected chi connectivity index (χ1v) is 8.30. The summed E-state index contributed by atoms with van der Waals surface area (Å²) in [6.07, 6.45) is 9.04. The van der Waals surface area contributed by atoms with Gasteiger partial charge < -0.3 is 19.9 Å². The number of rotatable bonds is 7. The summed E-state index contributed by atoms with van der Waals surface area (Å²) in [6, 6.07) is 5.78. The van der Waals surface area contributed by atoms with Crippen LogP contribution in [0.15, 0.2) is 47.2 Å². The van der Waals surface area contributed by atoms with Gasteiger partial charge in [0.1, 0.15) is 6.54 Å². The Labute approximate surface area is 148 Å². The van der Waals surface area contributed by atoms with Crippen LogP contribution in [0.1, 0.15) is 31.7 Å². The lowest BCUT2D eigenvalue weighted by atomic mass is 9.91. The van der Waals surface area contributed by atoms with Gasteiger partial charge in [-0.2, -0.15) is 0 Å². The molecule has 0 saturated heterocycles. The first-order chi connectivity index (χ1) is 12.0. The number of carbonyl (C=O) groups is 1. The van der Waals surface area contributed by atoms with Crippen LogP contribution in [0.2, 0.25) is 0 Å². The minimum Gasteiger partial charge on any atom is -0.493 e. The van der Waals surface area contributed by atoms with E-state index in [2.05, 4.69) is 11.4 Å². The van der Waals surface area contributed by atoms with Crippen LogP contribution in [0.5, 0.6) is 11.5 Å². The van der Waals surface area contributed by atoms with Gasteiger partial charge in [-0.3, -0.25) is 4.79 Å². The van der Waals surface area contributed by atoms with Crippen LogP contribution in [0, 0.1) is 0 Å². The van der Waals surface area contributed by atoms with Crippen LogP contribution in [0.3, 0.4) is 0 Å². The number of carboxylic acids is 1. The van der Waals surface area contributed by atoms with Crippen LogP contribution in [-0.4, -0.2) is 31.8 Å². The molecule has 1 aliphatic carbocycles. The number of hydrogen-bond acceptors (Lipinski definition) is 4. The zero-order valence-corrected chi connectivity index (χ0v) is 15.0. The summed E-state index contributed by atoms with van der Waals surface area (Å²) in [4.78, 5) is 10.7. The molecule has 0 spiro atoms. The molecule has 5 heteroatoms. The number of aliphatic carboxylic acids is 1. The van der Waals surface area contributed by atoms with E-state index in [1.54, 1.807) is 14.2 Å². The maximum absolute atomic E-state index is 10.7. The number of carboxylic acid groups (broad SMARTS) is 1. The average molecular weight is 343 g/mol. The van der Waals surface area contributed by atoms with Gasteiger partial charge in [0.05, 0.1) is 14.2 Å². The first-order valence-electron chi connectivity index (χ1n) is 8.30. The second kappa shape index (κ2) is 8.97. The van der Waals surface area contributed by atoms with Crippen molar-refractivity contribution in [2.45, 2.75) is 26.2 Å². The van der Waals surface area contributed by atoms with Crippen LogP contribution in [-0.2, 0) is 4.79 Å². The molecule has 0 bridgehead atoms. The number of nitrogens with one attached hydrogen (secondary N) is 1. The predicted molar refractivity (Wildman–Crippen MR) is 98.9 cm³/mol. The Kier molecular flexibility index (Phi) is 6.69. The molecule has 0 amide bonds. The maximum atomic E-state index is 10.7. The molecule has 1 aromatic rings. The first kappa shape index (κ1) is 18.6. The van der Waals surface area contributed by atoms with E-state index >= 15 is 0 Å². The zero-order valence-electron chi connectivity index (χ0n) is 15.0. The third kappa shape index (κ3) is 5.14. The molecule has 1 aromatic carbocycles. The molecule has 0 saturated carbocycles. The third-order valence-corrected chi connectivity index (χ3v) is 4.25. The van der Waals surface area contributed by atoms with Crippen LogP contribution in [0.4, 0.5) is 0 Å². The monoisotopic (exact) mass is 343 g/mol. The zero-order chi connectivity index (χ0) is 18.2. The van der Waals surface area contributed by atoms with Gasteiger partial charge in [-0.25, -0.2) is 0 Å². The van der Waals surface area contributed by atoms with E-state index in [4.69, 9.17) is 14.6 Å². The van der Waals surface area contributed by atoms with Crippen molar-refractivity contribution in [2.75, 3.05) is 20.8 Å². The molecule has 0 fully saturated rings. The fraction of sp³-hybridized carbons (Fsp3) is 0.350. The van der Waals surface area contributed by atoms with Crippen molar-refractivity contribution in [3.63, 3.8) is 0 Å². The topological polar surface area (TPSA) is 67.8 Å². The van der Waals surface area contributed by atoms with E-state index in [1.165, 1.54) is 5.57 Å². The van der Waals surface area contributed by atoms with Gasteiger partial charge in [0.25, 0.3) is 0 Å². The summed E-state index contributed by atoms with van der Waals surface area (Å²) in [5.74, 6) is 0.564. The highest BCUT2D eigenvalue weighted by atomic mass is 16.5. The molecule has 134 valence electrons. The summed E-state index contributed by atoms with van der Waals surface area (Å²) in [7, 11) is 3.24. The van der Waals surface area contributed by atoms with Gasteiger partial charge in [0, 0.05) is 5.70 Å². The van der Waals surface area contributed by atoms with Crippen LogP contribution < -0.4 is 14.8 Å². The molecule has 2 rings (SSSR count). The van der Waals surface area contributed by atoms with E-state index in [-0.39, 0.29) is 6.54 Å². The highest BCUT2D eigenvalue weighted by molar-refractivity contribution is 5.69. The van der Waals surface area contributed by atoms with Crippen molar-refractivity contribution in [2.24, 2.45) is 0 Å². The molecule has 0 atom stereocenters. The van der Waals surface area contributed by atoms with E-state index in [9.17, 15) is 4.79 Å². The lowest BCUT2D eigenvalue weighted by Gasteiger charge is -2.21. The van der Waals surface area contributed by atoms with Crippen molar-refractivity contribution < 1.29 is 19.4 Å². The smallest absolute Gasteiger partial charge is 0.322 e. The number of methoxy groups -OCH3 is 2. The third-order valence-electron chi connectivity index (χ3n) is 4.25. The SMILES string of the molecule is COc1ccc(/C=C/C=C2/CCCC(NCC(=O)O)=C2C)cc1OC. The molecule has 2 N–H and O–H groups in total. The van der Waals surface area contributed by atoms with Gasteiger partial charge in [0.15, 0.2) is 11.5 Å². The van der Waals surface area contributed by atoms with E-state index < -0.39 is 5.97 Å². The van der Waals surface area contributed by atoms with E-state index in [0.717, 1.165) is 36.1 Å². The fourth-order valence-corrected chi connectivity index (χ4v) is 2.87. The molecule has 0 unspecified atom stereocenters. The highest BCUT2D eigenvalue weighted by Crippen LogP contribution is 2.29. The van der Waals surface area contributed by atoms with Crippen molar-refractivity contribution in [3.8, 4) is 11.5 Å². The minimum atomic E-state index is -0.843. The summed E-state index contributed by atoms with van der Waals surface area (Å²) < 4.78 is 10.6.